The molecule has 0 saturated carbocycles. The van der Waals surface area contributed by atoms with Gasteiger partial charge in [-0.2, -0.15) is 5.10 Å². The largest absolute Gasteiger partial charge is 0.497 e. The van der Waals surface area contributed by atoms with Crippen LogP contribution in [-0.2, 0) is 11.2 Å². The summed E-state index contributed by atoms with van der Waals surface area (Å²) in [5, 5.41) is 6.28. The number of methoxy groups -OCH3 is 1. The molecule has 2 aromatic heterocycles. The van der Waals surface area contributed by atoms with E-state index in [1.165, 1.54) is 9.56 Å². The molecule has 3 rings (SSSR count). The fraction of sp³-hybridized carbons (Fsp3) is 0.235. The van der Waals surface area contributed by atoms with E-state index in [1.807, 2.05) is 29.6 Å². The van der Waals surface area contributed by atoms with E-state index in [0.29, 0.717) is 18.9 Å². The monoisotopic (exact) mass is 343 g/mol. The van der Waals surface area contributed by atoms with Crippen molar-refractivity contribution in [1.82, 2.24) is 14.8 Å². The summed E-state index contributed by atoms with van der Waals surface area (Å²) >= 11 is 1.64. The zero-order valence-corrected chi connectivity index (χ0v) is 14.2. The van der Waals surface area contributed by atoms with Gasteiger partial charge in [0.1, 0.15) is 11.6 Å². The number of carbonyl (C=O) groups is 1. The molecule has 0 amide bonds. The Hall–Kier alpha value is -2.67. The maximum Gasteiger partial charge on any atom is 0.376 e. The van der Waals surface area contributed by atoms with E-state index in [9.17, 15) is 4.79 Å². The molecule has 2 heterocycles. The van der Waals surface area contributed by atoms with Gasteiger partial charge in [-0.15, -0.1) is 11.3 Å². The van der Waals surface area contributed by atoms with Gasteiger partial charge in [-0.3, -0.25) is 0 Å². The molecule has 0 aliphatic carbocycles. The first-order chi connectivity index (χ1) is 11.7. The van der Waals surface area contributed by atoms with Crippen LogP contribution in [0.3, 0.4) is 0 Å². The molecule has 0 aliphatic rings. The standard InChI is InChI=1S/C17H17N3O3S/c1-12-18-16(17(21)23-10-9-15-4-3-11-24-15)20(19-12)13-5-7-14(22-2)8-6-13/h3-8,11H,9-10H2,1-2H3. The number of hydrogen-bond acceptors (Lipinski definition) is 6. The molecule has 0 fully saturated rings. The van der Waals surface area contributed by atoms with E-state index < -0.39 is 5.97 Å². The lowest BCUT2D eigenvalue weighted by Crippen LogP contribution is -2.14. The minimum Gasteiger partial charge on any atom is -0.497 e. The Bertz CT molecular complexity index is 810. The first kappa shape index (κ1) is 16.2. The van der Waals surface area contributed by atoms with Crippen molar-refractivity contribution in [2.45, 2.75) is 13.3 Å². The topological polar surface area (TPSA) is 66.2 Å². The number of rotatable bonds is 6. The predicted molar refractivity (Wildman–Crippen MR) is 91.0 cm³/mol. The second-order valence-corrected chi connectivity index (χ2v) is 6.09. The number of nitrogens with zero attached hydrogens (tertiary/aromatic N) is 3. The van der Waals surface area contributed by atoms with Crippen LogP contribution >= 0.6 is 11.3 Å². The number of aryl methyl sites for hydroxylation is 1. The lowest BCUT2D eigenvalue weighted by Gasteiger charge is -2.07. The quantitative estimate of drug-likeness (QED) is 0.644. The van der Waals surface area contributed by atoms with Gasteiger partial charge < -0.3 is 9.47 Å². The molecule has 1 aromatic carbocycles. The van der Waals surface area contributed by atoms with Gasteiger partial charge in [0.05, 0.1) is 19.4 Å². The summed E-state index contributed by atoms with van der Waals surface area (Å²) in [5.41, 5.74) is 0.724. The maximum atomic E-state index is 12.3. The fourth-order valence-electron chi connectivity index (χ4n) is 2.21. The van der Waals surface area contributed by atoms with Crippen molar-refractivity contribution >= 4 is 17.3 Å². The summed E-state index contributed by atoms with van der Waals surface area (Å²) in [5.74, 6) is 0.929. The highest BCUT2D eigenvalue weighted by molar-refractivity contribution is 7.09. The Morgan fingerprint density at radius 3 is 2.71 bits per heavy atom. The Labute approximate surface area is 143 Å². The van der Waals surface area contributed by atoms with Crippen LogP contribution in [0.5, 0.6) is 5.75 Å². The molecule has 124 valence electrons. The SMILES string of the molecule is COc1ccc(-n2nc(C)nc2C(=O)OCCc2cccs2)cc1. The van der Waals surface area contributed by atoms with Crippen molar-refractivity contribution in [2.75, 3.05) is 13.7 Å². The van der Waals surface area contributed by atoms with Gasteiger partial charge >= 0.3 is 5.97 Å². The van der Waals surface area contributed by atoms with Crippen molar-refractivity contribution < 1.29 is 14.3 Å². The van der Waals surface area contributed by atoms with Crippen LogP contribution in [0.2, 0.25) is 0 Å². The summed E-state index contributed by atoms with van der Waals surface area (Å²) in [6.07, 6.45) is 0.694. The molecular weight excluding hydrogens is 326 g/mol. The molecule has 0 atom stereocenters. The summed E-state index contributed by atoms with van der Waals surface area (Å²) < 4.78 is 12.0. The zero-order chi connectivity index (χ0) is 16.9. The number of aromatic nitrogens is 3. The van der Waals surface area contributed by atoms with E-state index in [1.54, 1.807) is 37.5 Å². The average molecular weight is 343 g/mol. The Kier molecular flexibility index (Phi) is 4.90. The van der Waals surface area contributed by atoms with Crippen LogP contribution in [0.25, 0.3) is 5.69 Å². The van der Waals surface area contributed by atoms with Gasteiger partial charge in [0.2, 0.25) is 5.82 Å². The second kappa shape index (κ2) is 7.27. The molecule has 0 radical (unpaired) electrons. The van der Waals surface area contributed by atoms with Gasteiger partial charge in [0, 0.05) is 11.3 Å². The third-order valence-corrected chi connectivity index (χ3v) is 4.31. The van der Waals surface area contributed by atoms with Crippen molar-refractivity contribution in [3.63, 3.8) is 0 Å². The lowest BCUT2D eigenvalue weighted by atomic mass is 10.3. The smallest absolute Gasteiger partial charge is 0.376 e. The Morgan fingerprint density at radius 2 is 2.04 bits per heavy atom. The van der Waals surface area contributed by atoms with Crippen LogP contribution in [0, 0.1) is 6.92 Å². The molecule has 0 saturated heterocycles. The fourth-order valence-corrected chi connectivity index (χ4v) is 2.90. The number of carbonyl (C=O) groups excluding carboxylic acids is 1. The Balaban J connectivity index is 1.73. The third kappa shape index (κ3) is 3.62. The van der Waals surface area contributed by atoms with E-state index in [0.717, 1.165) is 11.4 Å². The van der Waals surface area contributed by atoms with Gasteiger partial charge in [0.15, 0.2) is 0 Å². The summed E-state index contributed by atoms with van der Waals surface area (Å²) in [4.78, 5) is 17.7. The highest BCUT2D eigenvalue weighted by Gasteiger charge is 2.19. The third-order valence-electron chi connectivity index (χ3n) is 3.37. The molecular formula is C17H17N3O3S. The van der Waals surface area contributed by atoms with Crippen LogP contribution in [0.1, 0.15) is 21.3 Å². The molecule has 0 aliphatic heterocycles. The summed E-state index contributed by atoms with van der Waals surface area (Å²) in [6, 6.07) is 11.2. The van der Waals surface area contributed by atoms with Crippen LogP contribution in [-0.4, -0.2) is 34.5 Å². The molecule has 3 aromatic rings. The second-order valence-electron chi connectivity index (χ2n) is 5.06. The zero-order valence-electron chi connectivity index (χ0n) is 13.4. The van der Waals surface area contributed by atoms with E-state index >= 15 is 0 Å². The predicted octanol–water partition coefficient (Wildman–Crippen LogP) is 3.05. The van der Waals surface area contributed by atoms with Gasteiger partial charge in [-0.05, 0) is 42.6 Å². The Morgan fingerprint density at radius 1 is 1.25 bits per heavy atom. The van der Waals surface area contributed by atoms with Gasteiger partial charge in [-0.1, -0.05) is 6.07 Å². The molecule has 0 bridgehead atoms. The highest BCUT2D eigenvalue weighted by atomic mass is 32.1. The maximum absolute atomic E-state index is 12.3. The molecule has 0 N–H and O–H groups in total. The van der Waals surface area contributed by atoms with E-state index in [4.69, 9.17) is 9.47 Å². The number of hydrogen-bond donors (Lipinski definition) is 0. The minimum absolute atomic E-state index is 0.170. The van der Waals surface area contributed by atoms with Crippen LogP contribution in [0.15, 0.2) is 41.8 Å². The number of benzene rings is 1. The number of thiophene rings is 1. The molecule has 0 unspecified atom stereocenters. The van der Waals surface area contributed by atoms with Crippen LogP contribution in [0.4, 0.5) is 0 Å². The van der Waals surface area contributed by atoms with Crippen molar-refractivity contribution in [2.24, 2.45) is 0 Å². The van der Waals surface area contributed by atoms with Gasteiger partial charge in [-0.25, -0.2) is 14.5 Å². The highest BCUT2D eigenvalue weighted by Crippen LogP contribution is 2.16. The normalized spacial score (nSPS) is 10.6. The van der Waals surface area contributed by atoms with Crippen molar-refractivity contribution in [1.29, 1.82) is 0 Å². The summed E-state index contributed by atoms with van der Waals surface area (Å²) in [7, 11) is 1.60. The lowest BCUT2D eigenvalue weighted by molar-refractivity contribution is 0.0492. The number of esters is 1. The molecule has 0 spiro atoms. The molecule has 6 nitrogen and oxygen atoms in total. The van der Waals surface area contributed by atoms with Crippen LogP contribution < -0.4 is 4.74 Å². The minimum atomic E-state index is -0.483. The summed E-state index contributed by atoms with van der Waals surface area (Å²) in [6.45, 7) is 2.05. The van der Waals surface area contributed by atoms with Gasteiger partial charge in [0.25, 0.3) is 0 Å². The van der Waals surface area contributed by atoms with Crippen molar-refractivity contribution in [3.8, 4) is 11.4 Å². The van der Waals surface area contributed by atoms with Crippen molar-refractivity contribution in [3.05, 3.63) is 58.3 Å². The first-order valence-electron chi connectivity index (χ1n) is 7.45. The molecule has 7 heteroatoms. The van der Waals surface area contributed by atoms with E-state index in [-0.39, 0.29) is 5.82 Å². The first-order valence-corrected chi connectivity index (χ1v) is 8.33. The average Bonchev–Trinajstić information content (AvgIpc) is 3.24. The number of ether oxygens (including phenoxy) is 2. The van der Waals surface area contributed by atoms with E-state index in [2.05, 4.69) is 10.1 Å². The molecule has 24 heavy (non-hydrogen) atoms.